The van der Waals surface area contributed by atoms with Gasteiger partial charge in [-0.1, -0.05) is 55.7 Å². The van der Waals surface area contributed by atoms with Crippen LogP contribution < -0.4 is 0 Å². The quantitative estimate of drug-likeness (QED) is 0.826. The molecule has 1 aromatic carbocycles. The molecule has 1 aromatic rings. The molecule has 2 nitrogen and oxygen atoms in total. The maximum Gasteiger partial charge on any atom is 0.184 e. The minimum atomic E-state index is -0.815. The van der Waals surface area contributed by atoms with Gasteiger partial charge in [-0.2, -0.15) is 0 Å². The summed E-state index contributed by atoms with van der Waals surface area (Å²) < 4.78 is 0. The fourth-order valence-electron chi connectivity index (χ4n) is 2.52. The van der Waals surface area contributed by atoms with Crippen molar-refractivity contribution in [1.29, 1.82) is 0 Å². The molecule has 0 amide bonds. The van der Waals surface area contributed by atoms with Crippen molar-refractivity contribution >= 4 is 11.9 Å². The Kier molecular flexibility index (Phi) is 4.71. The van der Waals surface area contributed by atoms with E-state index in [9.17, 15) is 9.90 Å². The summed E-state index contributed by atoms with van der Waals surface area (Å²) in [6, 6.07) is 9.69. The second kappa shape index (κ2) is 6.50. The van der Waals surface area contributed by atoms with Crippen molar-refractivity contribution in [2.45, 2.75) is 38.2 Å². The van der Waals surface area contributed by atoms with Crippen molar-refractivity contribution in [1.82, 2.24) is 0 Å². The van der Waals surface area contributed by atoms with E-state index < -0.39 is 6.10 Å². The van der Waals surface area contributed by atoms with E-state index in [2.05, 4.69) is 0 Å². The van der Waals surface area contributed by atoms with Crippen LogP contribution in [0.5, 0.6) is 0 Å². The van der Waals surface area contributed by atoms with Crippen LogP contribution in [0.15, 0.2) is 36.4 Å². The van der Waals surface area contributed by atoms with E-state index in [0.29, 0.717) is 0 Å². The average Bonchev–Trinajstić information content (AvgIpc) is 2.46. The van der Waals surface area contributed by atoms with Crippen LogP contribution in [0.1, 0.15) is 37.7 Å². The van der Waals surface area contributed by atoms with Gasteiger partial charge < -0.3 is 5.11 Å². The number of carbonyl (C=O) groups excluding carboxylic acids is 1. The highest BCUT2D eigenvalue weighted by Gasteiger charge is 2.25. The lowest BCUT2D eigenvalue weighted by molar-refractivity contribution is -0.125. The van der Waals surface area contributed by atoms with Crippen molar-refractivity contribution in [3.63, 3.8) is 0 Å². The predicted molar refractivity (Wildman–Crippen MR) is 73.1 cm³/mol. The first-order valence-electron chi connectivity index (χ1n) is 6.72. The third kappa shape index (κ3) is 3.54. The van der Waals surface area contributed by atoms with E-state index in [1.54, 1.807) is 6.08 Å². The Morgan fingerprint density at radius 3 is 2.50 bits per heavy atom. The van der Waals surface area contributed by atoms with Crippen LogP contribution in [0.2, 0.25) is 0 Å². The van der Waals surface area contributed by atoms with Gasteiger partial charge in [-0.3, -0.25) is 4.79 Å². The number of hydrogen-bond acceptors (Lipinski definition) is 2. The summed E-state index contributed by atoms with van der Waals surface area (Å²) in [6.45, 7) is 0. The molecule has 0 heterocycles. The lowest BCUT2D eigenvalue weighted by Crippen LogP contribution is -2.29. The first-order valence-corrected chi connectivity index (χ1v) is 6.72. The monoisotopic (exact) mass is 244 g/mol. The fraction of sp³-hybridized carbons (Fsp3) is 0.438. The van der Waals surface area contributed by atoms with Crippen molar-refractivity contribution in [3.05, 3.63) is 42.0 Å². The van der Waals surface area contributed by atoms with Crippen LogP contribution >= 0.6 is 0 Å². The van der Waals surface area contributed by atoms with E-state index >= 15 is 0 Å². The van der Waals surface area contributed by atoms with Crippen molar-refractivity contribution in [2.24, 2.45) is 5.92 Å². The summed E-state index contributed by atoms with van der Waals surface area (Å²) in [7, 11) is 0. The number of ketones is 1. The molecule has 2 heteroatoms. The molecule has 1 aliphatic rings. The molecule has 1 atom stereocenters. The van der Waals surface area contributed by atoms with Crippen molar-refractivity contribution in [3.8, 4) is 0 Å². The third-order valence-corrected chi connectivity index (χ3v) is 3.63. The zero-order valence-electron chi connectivity index (χ0n) is 10.6. The summed E-state index contributed by atoms with van der Waals surface area (Å²) in [5.41, 5.74) is 0.988. The van der Waals surface area contributed by atoms with E-state index in [4.69, 9.17) is 0 Å². The van der Waals surface area contributed by atoms with E-state index in [1.165, 1.54) is 12.5 Å². The molecular weight excluding hydrogens is 224 g/mol. The van der Waals surface area contributed by atoms with Crippen LogP contribution in [0.25, 0.3) is 6.08 Å². The summed E-state index contributed by atoms with van der Waals surface area (Å²) in [4.78, 5) is 11.9. The lowest BCUT2D eigenvalue weighted by atomic mass is 9.84. The maximum absolute atomic E-state index is 11.9. The van der Waals surface area contributed by atoms with Gasteiger partial charge in [0.2, 0.25) is 0 Å². The van der Waals surface area contributed by atoms with Crippen LogP contribution in [0.3, 0.4) is 0 Å². The Bertz CT molecular complexity index is 402. The molecule has 0 saturated heterocycles. The normalized spacial score (nSPS) is 18.9. The molecule has 0 radical (unpaired) electrons. The summed E-state index contributed by atoms with van der Waals surface area (Å²) in [6.07, 6.45) is 7.93. The molecule has 2 rings (SSSR count). The number of rotatable bonds is 4. The average molecular weight is 244 g/mol. The SMILES string of the molecule is O=C(/C=C/c1ccccc1)[C@@H](O)C1CCCCC1. The summed E-state index contributed by atoms with van der Waals surface area (Å²) >= 11 is 0. The van der Waals surface area contributed by atoms with Gasteiger partial charge in [0.15, 0.2) is 5.78 Å². The van der Waals surface area contributed by atoms with Gasteiger partial charge in [-0.25, -0.2) is 0 Å². The number of benzene rings is 1. The highest BCUT2D eigenvalue weighted by molar-refractivity contribution is 5.96. The maximum atomic E-state index is 11.9. The van der Waals surface area contributed by atoms with Crippen LogP contribution in [-0.2, 0) is 4.79 Å². The van der Waals surface area contributed by atoms with Gasteiger partial charge in [0.25, 0.3) is 0 Å². The molecule has 1 saturated carbocycles. The number of aliphatic hydroxyl groups excluding tert-OH is 1. The minimum Gasteiger partial charge on any atom is -0.385 e. The highest BCUT2D eigenvalue weighted by atomic mass is 16.3. The van der Waals surface area contributed by atoms with Gasteiger partial charge in [-0.15, -0.1) is 0 Å². The smallest absolute Gasteiger partial charge is 0.184 e. The lowest BCUT2D eigenvalue weighted by Gasteiger charge is -2.24. The van der Waals surface area contributed by atoms with Gasteiger partial charge >= 0.3 is 0 Å². The minimum absolute atomic E-state index is 0.159. The molecule has 0 bridgehead atoms. The fourth-order valence-corrected chi connectivity index (χ4v) is 2.52. The zero-order chi connectivity index (χ0) is 12.8. The molecule has 1 fully saturated rings. The molecular formula is C16H20O2. The Morgan fingerprint density at radius 2 is 1.83 bits per heavy atom. The summed E-state index contributed by atoms with van der Waals surface area (Å²) in [5.74, 6) is -0.00238. The molecule has 0 aromatic heterocycles. The second-order valence-corrected chi connectivity index (χ2v) is 4.99. The third-order valence-electron chi connectivity index (χ3n) is 3.63. The zero-order valence-corrected chi connectivity index (χ0v) is 10.6. The Hall–Kier alpha value is -1.41. The number of hydrogen-bond donors (Lipinski definition) is 1. The van der Waals surface area contributed by atoms with Gasteiger partial charge in [0.1, 0.15) is 6.10 Å². The summed E-state index contributed by atoms with van der Waals surface area (Å²) in [5, 5.41) is 10.0. The highest BCUT2D eigenvalue weighted by Crippen LogP contribution is 2.27. The Labute approximate surface area is 108 Å². The molecule has 18 heavy (non-hydrogen) atoms. The largest absolute Gasteiger partial charge is 0.385 e. The molecule has 1 aliphatic carbocycles. The number of carbonyl (C=O) groups is 1. The standard InChI is InChI=1S/C16H20O2/c17-15(12-11-13-7-3-1-4-8-13)16(18)14-9-5-2-6-10-14/h1,3-4,7-8,11-12,14,16,18H,2,5-6,9-10H2/b12-11+/t16-/m0/s1. The van der Waals surface area contributed by atoms with E-state index in [-0.39, 0.29) is 11.7 Å². The first kappa shape index (κ1) is 13.0. The van der Waals surface area contributed by atoms with Crippen molar-refractivity contribution < 1.29 is 9.90 Å². The molecule has 0 spiro atoms. The van der Waals surface area contributed by atoms with Crippen LogP contribution in [-0.4, -0.2) is 17.0 Å². The Morgan fingerprint density at radius 1 is 1.17 bits per heavy atom. The van der Waals surface area contributed by atoms with Crippen LogP contribution in [0.4, 0.5) is 0 Å². The molecule has 0 unspecified atom stereocenters. The number of aliphatic hydroxyl groups is 1. The van der Waals surface area contributed by atoms with Gasteiger partial charge in [-0.05, 0) is 30.4 Å². The van der Waals surface area contributed by atoms with Gasteiger partial charge in [0.05, 0.1) is 0 Å². The van der Waals surface area contributed by atoms with Crippen molar-refractivity contribution in [2.75, 3.05) is 0 Å². The van der Waals surface area contributed by atoms with Crippen LogP contribution in [0, 0.1) is 5.92 Å². The van der Waals surface area contributed by atoms with E-state index in [1.807, 2.05) is 30.3 Å². The molecule has 0 aliphatic heterocycles. The topological polar surface area (TPSA) is 37.3 Å². The Balaban J connectivity index is 1.92. The second-order valence-electron chi connectivity index (χ2n) is 4.99. The first-order chi connectivity index (χ1) is 8.77. The van der Waals surface area contributed by atoms with E-state index in [0.717, 1.165) is 31.2 Å². The predicted octanol–water partition coefficient (Wildman–Crippen LogP) is 3.21. The molecule has 96 valence electrons. The molecule has 1 N–H and O–H groups in total. The van der Waals surface area contributed by atoms with Gasteiger partial charge in [0, 0.05) is 0 Å².